The molecule has 0 spiro atoms. The van der Waals surface area contributed by atoms with Crippen molar-refractivity contribution in [3.05, 3.63) is 29.8 Å². The molecule has 1 N–H and O–H groups in total. The standard InChI is InChI=1S/C17H28N2O/c1-4-17(20,5-2)14-18-9-11-19(12-10-18)16-8-6-7-15(3)13-16/h6-8,13,20H,4-5,9-12,14H2,1-3H3. The molecule has 20 heavy (non-hydrogen) atoms. The van der Waals surface area contributed by atoms with Gasteiger partial charge in [-0.2, -0.15) is 0 Å². The highest BCUT2D eigenvalue weighted by Gasteiger charge is 2.27. The monoisotopic (exact) mass is 276 g/mol. The molecule has 0 radical (unpaired) electrons. The lowest BCUT2D eigenvalue weighted by Gasteiger charge is -2.40. The van der Waals surface area contributed by atoms with Crippen LogP contribution in [0, 0.1) is 6.92 Å². The topological polar surface area (TPSA) is 26.7 Å². The molecule has 1 fully saturated rings. The van der Waals surface area contributed by atoms with Gasteiger partial charge in [-0.1, -0.05) is 26.0 Å². The van der Waals surface area contributed by atoms with E-state index in [4.69, 9.17) is 0 Å². The van der Waals surface area contributed by atoms with E-state index in [1.54, 1.807) is 0 Å². The number of hydrogen-bond acceptors (Lipinski definition) is 3. The number of piperazine rings is 1. The molecular formula is C17H28N2O. The maximum atomic E-state index is 10.4. The van der Waals surface area contributed by atoms with Crippen LogP contribution in [0.1, 0.15) is 32.3 Å². The van der Waals surface area contributed by atoms with E-state index in [0.717, 1.165) is 45.6 Å². The Morgan fingerprint density at radius 1 is 1.10 bits per heavy atom. The zero-order chi connectivity index (χ0) is 14.6. The van der Waals surface area contributed by atoms with Crippen molar-refractivity contribution in [1.82, 2.24) is 4.90 Å². The molecule has 1 aromatic rings. The Morgan fingerprint density at radius 2 is 1.75 bits per heavy atom. The van der Waals surface area contributed by atoms with Crippen LogP contribution in [0.4, 0.5) is 5.69 Å². The fourth-order valence-corrected chi connectivity index (χ4v) is 2.88. The van der Waals surface area contributed by atoms with Crippen molar-refractivity contribution in [3.63, 3.8) is 0 Å². The lowest BCUT2D eigenvalue weighted by atomic mass is 9.96. The van der Waals surface area contributed by atoms with E-state index in [1.165, 1.54) is 11.3 Å². The van der Waals surface area contributed by atoms with Crippen LogP contribution in [0.2, 0.25) is 0 Å². The first-order valence-corrected chi connectivity index (χ1v) is 7.82. The van der Waals surface area contributed by atoms with Gasteiger partial charge >= 0.3 is 0 Å². The Kier molecular flexibility index (Phi) is 5.06. The summed E-state index contributed by atoms with van der Waals surface area (Å²) in [5, 5.41) is 10.4. The third kappa shape index (κ3) is 3.74. The summed E-state index contributed by atoms with van der Waals surface area (Å²) in [5.74, 6) is 0. The smallest absolute Gasteiger partial charge is 0.0768 e. The van der Waals surface area contributed by atoms with Crippen LogP contribution in [0.15, 0.2) is 24.3 Å². The highest BCUT2D eigenvalue weighted by Crippen LogP contribution is 2.20. The first-order valence-electron chi connectivity index (χ1n) is 7.82. The van der Waals surface area contributed by atoms with Crippen molar-refractivity contribution in [2.24, 2.45) is 0 Å². The Morgan fingerprint density at radius 3 is 2.30 bits per heavy atom. The van der Waals surface area contributed by atoms with Crippen molar-refractivity contribution < 1.29 is 5.11 Å². The summed E-state index contributed by atoms with van der Waals surface area (Å²) in [6.07, 6.45) is 1.67. The number of nitrogens with zero attached hydrogens (tertiary/aromatic N) is 2. The molecule has 112 valence electrons. The summed E-state index contributed by atoms with van der Waals surface area (Å²) in [6.45, 7) is 11.3. The summed E-state index contributed by atoms with van der Waals surface area (Å²) in [4.78, 5) is 4.85. The molecule has 2 rings (SSSR count). The lowest BCUT2D eigenvalue weighted by Crippen LogP contribution is -2.51. The zero-order valence-electron chi connectivity index (χ0n) is 13.1. The Hall–Kier alpha value is -1.06. The highest BCUT2D eigenvalue weighted by molar-refractivity contribution is 5.48. The predicted octanol–water partition coefficient (Wildman–Crippen LogP) is 2.67. The van der Waals surface area contributed by atoms with Crippen molar-refractivity contribution in [3.8, 4) is 0 Å². The van der Waals surface area contributed by atoms with Gasteiger partial charge < -0.3 is 10.0 Å². The largest absolute Gasteiger partial charge is 0.389 e. The average molecular weight is 276 g/mol. The first-order chi connectivity index (χ1) is 9.56. The minimum Gasteiger partial charge on any atom is -0.389 e. The quantitative estimate of drug-likeness (QED) is 0.895. The summed E-state index contributed by atoms with van der Waals surface area (Å²) in [6, 6.07) is 8.72. The first kappa shape index (κ1) is 15.3. The Balaban J connectivity index is 1.89. The van der Waals surface area contributed by atoms with Gasteiger partial charge in [0.1, 0.15) is 0 Å². The van der Waals surface area contributed by atoms with E-state index in [1.807, 2.05) is 0 Å². The van der Waals surface area contributed by atoms with Gasteiger partial charge in [0.2, 0.25) is 0 Å². The van der Waals surface area contributed by atoms with Gasteiger partial charge in [0, 0.05) is 38.4 Å². The zero-order valence-corrected chi connectivity index (χ0v) is 13.1. The van der Waals surface area contributed by atoms with Gasteiger partial charge in [0.05, 0.1) is 5.60 Å². The van der Waals surface area contributed by atoms with Gasteiger partial charge in [0.15, 0.2) is 0 Å². The van der Waals surface area contributed by atoms with Crippen LogP contribution < -0.4 is 4.90 Å². The third-order valence-corrected chi connectivity index (χ3v) is 4.57. The number of aryl methyl sites for hydroxylation is 1. The SMILES string of the molecule is CCC(O)(CC)CN1CCN(c2cccc(C)c2)CC1. The van der Waals surface area contributed by atoms with Crippen molar-refractivity contribution in [2.45, 2.75) is 39.2 Å². The molecule has 0 amide bonds. The van der Waals surface area contributed by atoms with Crippen LogP contribution in [0.5, 0.6) is 0 Å². The Labute approximate surface area is 123 Å². The molecule has 1 heterocycles. The van der Waals surface area contributed by atoms with Crippen LogP contribution in [0.25, 0.3) is 0 Å². The molecule has 0 aromatic heterocycles. The van der Waals surface area contributed by atoms with Crippen molar-refractivity contribution >= 4 is 5.69 Å². The normalized spacial score (nSPS) is 17.5. The molecule has 3 heteroatoms. The van der Waals surface area contributed by atoms with Gasteiger partial charge in [-0.25, -0.2) is 0 Å². The van der Waals surface area contributed by atoms with Gasteiger partial charge in [-0.3, -0.25) is 4.90 Å². The number of aliphatic hydroxyl groups is 1. The second-order valence-corrected chi connectivity index (χ2v) is 6.03. The summed E-state index contributed by atoms with van der Waals surface area (Å²) < 4.78 is 0. The van der Waals surface area contributed by atoms with E-state index in [-0.39, 0.29) is 0 Å². The molecule has 1 aliphatic rings. The minimum atomic E-state index is -0.508. The fraction of sp³-hybridized carbons (Fsp3) is 0.647. The van der Waals surface area contributed by atoms with Crippen LogP contribution in [-0.4, -0.2) is 48.3 Å². The van der Waals surface area contributed by atoms with Crippen LogP contribution in [0.3, 0.4) is 0 Å². The predicted molar refractivity (Wildman–Crippen MR) is 85.4 cm³/mol. The number of rotatable bonds is 5. The van der Waals surface area contributed by atoms with E-state index >= 15 is 0 Å². The highest BCUT2D eigenvalue weighted by atomic mass is 16.3. The van der Waals surface area contributed by atoms with Gasteiger partial charge in [0.25, 0.3) is 0 Å². The summed E-state index contributed by atoms with van der Waals surface area (Å²) in [5.41, 5.74) is 2.13. The third-order valence-electron chi connectivity index (χ3n) is 4.57. The summed E-state index contributed by atoms with van der Waals surface area (Å²) >= 11 is 0. The molecule has 0 saturated carbocycles. The molecule has 1 saturated heterocycles. The van der Waals surface area contributed by atoms with E-state index in [9.17, 15) is 5.11 Å². The molecule has 1 aliphatic heterocycles. The molecular weight excluding hydrogens is 248 g/mol. The average Bonchev–Trinajstić information content (AvgIpc) is 2.48. The van der Waals surface area contributed by atoms with E-state index in [2.05, 4.69) is 54.8 Å². The van der Waals surface area contributed by atoms with Crippen LogP contribution in [-0.2, 0) is 0 Å². The molecule has 0 bridgehead atoms. The van der Waals surface area contributed by atoms with E-state index < -0.39 is 5.60 Å². The van der Waals surface area contributed by atoms with Crippen molar-refractivity contribution in [1.29, 1.82) is 0 Å². The second-order valence-electron chi connectivity index (χ2n) is 6.03. The molecule has 0 unspecified atom stereocenters. The Bertz CT molecular complexity index is 421. The van der Waals surface area contributed by atoms with Gasteiger partial charge in [-0.15, -0.1) is 0 Å². The molecule has 0 atom stereocenters. The number of β-amino-alcohol motifs (C(OH)–C–C–N with tert-alkyl or cyclic N) is 1. The van der Waals surface area contributed by atoms with Crippen molar-refractivity contribution in [2.75, 3.05) is 37.6 Å². The minimum absolute atomic E-state index is 0.508. The second kappa shape index (κ2) is 6.59. The molecule has 1 aromatic carbocycles. The maximum absolute atomic E-state index is 10.4. The molecule has 0 aliphatic carbocycles. The lowest BCUT2D eigenvalue weighted by molar-refractivity contribution is -0.00455. The van der Waals surface area contributed by atoms with Crippen LogP contribution >= 0.6 is 0 Å². The number of hydrogen-bond donors (Lipinski definition) is 1. The van der Waals surface area contributed by atoms with Gasteiger partial charge in [-0.05, 0) is 37.5 Å². The number of benzene rings is 1. The molecule has 3 nitrogen and oxygen atoms in total. The fourth-order valence-electron chi connectivity index (χ4n) is 2.88. The van der Waals surface area contributed by atoms with E-state index in [0.29, 0.717) is 0 Å². The number of anilines is 1. The maximum Gasteiger partial charge on any atom is 0.0768 e. The summed E-state index contributed by atoms with van der Waals surface area (Å²) in [7, 11) is 0.